The van der Waals surface area contributed by atoms with Gasteiger partial charge in [-0.2, -0.15) is 0 Å². The van der Waals surface area contributed by atoms with Gasteiger partial charge in [0.1, 0.15) is 11.4 Å². The minimum atomic E-state index is -0.701. The van der Waals surface area contributed by atoms with E-state index in [1.54, 1.807) is 32.9 Å². The number of carbonyl (C=O) groups is 1. The lowest BCUT2D eigenvalue weighted by Gasteiger charge is -2.19. The van der Waals surface area contributed by atoms with Crippen molar-refractivity contribution in [2.24, 2.45) is 0 Å². The van der Waals surface area contributed by atoms with Gasteiger partial charge in [0.2, 0.25) is 0 Å². The van der Waals surface area contributed by atoms with Crippen LogP contribution in [0.5, 0.6) is 5.75 Å². The quantitative estimate of drug-likeness (QED) is 0.657. The molecule has 0 aromatic heterocycles. The molecule has 1 N–H and O–H groups in total. The van der Waals surface area contributed by atoms with E-state index in [2.05, 4.69) is 6.92 Å². The summed E-state index contributed by atoms with van der Waals surface area (Å²) < 4.78 is 10.2. The van der Waals surface area contributed by atoms with Crippen molar-refractivity contribution >= 4 is 6.16 Å². The van der Waals surface area contributed by atoms with Crippen LogP contribution in [0.2, 0.25) is 0 Å². The highest BCUT2D eigenvalue weighted by molar-refractivity contribution is 5.64. The fourth-order valence-corrected chi connectivity index (χ4v) is 1.94. The van der Waals surface area contributed by atoms with Crippen molar-refractivity contribution in [2.45, 2.75) is 52.1 Å². The Kier molecular flexibility index (Phi) is 6.02. The Morgan fingerprint density at radius 2 is 1.85 bits per heavy atom. The Balaban J connectivity index is 2.64. The molecular weight excluding hydrogens is 256 g/mol. The van der Waals surface area contributed by atoms with Crippen molar-refractivity contribution in [2.75, 3.05) is 6.61 Å². The van der Waals surface area contributed by atoms with Gasteiger partial charge in [-0.3, -0.25) is 0 Å². The normalized spacial score (nSPS) is 12.8. The number of aliphatic hydroxyl groups excluding tert-OH is 1. The highest BCUT2D eigenvalue weighted by atomic mass is 16.7. The molecule has 0 fully saturated rings. The summed E-state index contributed by atoms with van der Waals surface area (Å²) in [5.41, 5.74) is 0.573. The Morgan fingerprint density at radius 3 is 2.30 bits per heavy atom. The Bertz CT molecular complexity index is 417. The second kappa shape index (κ2) is 7.29. The first-order valence-corrected chi connectivity index (χ1v) is 6.97. The lowest BCUT2D eigenvalue weighted by Crippen LogP contribution is -2.25. The summed E-state index contributed by atoms with van der Waals surface area (Å²) in [7, 11) is 0. The molecule has 4 nitrogen and oxygen atoms in total. The van der Waals surface area contributed by atoms with E-state index in [1.165, 1.54) is 0 Å². The lowest BCUT2D eigenvalue weighted by molar-refractivity contribution is 0.0206. The first-order chi connectivity index (χ1) is 9.35. The third-order valence-electron chi connectivity index (χ3n) is 2.91. The lowest BCUT2D eigenvalue weighted by atomic mass is 9.94. The van der Waals surface area contributed by atoms with E-state index in [0.717, 1.165) is 18.4 Å². The number of hydrogen-bond donors (Lipinski definition) is 1. The summed E-state index contributed by atoms with van der Waals surface area (Å²) >= 11 is 0. The molecule has 0 aliphatic rings. The predicted octanol–water partition coefficient (Wildman–Crippen LogP) is 3.88. The molecular formula is C16H24O4. The minimum absolute atomic E-state index is 0.175. The standard InChI is InChI=1S/C16H24O4/c1-5-12(10-11-17)13-6-8-14(9-7-13)19-15(18)20-16(2,3)4/h6-9,12,17H,5,10-11H2,1-4H3. The van der Waals surface area contributed by atoms with Gasteiger partial charge in [0.25, 0.3) is 0 Å². The smallest absolute Gasteiger partial charge is 0.428 e. The van der Waals surface area contributed by atoms with Crippen LogP contribution in [-0.4, -0.2) is 23.5 Å². The third-order valence-corrected chi connectivity index (χ3v) is 2.91. The number of rotatable bonds is 5. The van der Waals surface area contributed by atoms with E-state index in [1.807, 2.05) is 12.1 Å². The molecule has 112 valence electrons. The van der Waals surface area contributed by atoms with Crippen LogP contribution in [0.15, 0.2) is 24.3 Å². The van der Waals surface area contributed by atoms with Crippen LogP contribution in [-0.2, 0) is 4.74 Å². The number of aliphatic hydroxyl groups is 1. The largest absolute Gasteiger partial charge is 0.514 e. The monoisotopic (exact) mass is 280 g/mol. The van der Waals surface area contributed by atoms with Crippen LogP contribution < -0.4 is 4.74 Å². The van der Waals surface area contributed by atoms with Gasteiger partial charge in [-0.05, 0) is 57.2 Å². The maximum Gasteiger partial charge on any atom is 0.514 e. The average molecular weight is 280 g/mol. The van der Waals surface area contributed by atoms with Crippen LogP contribution in [0, 0.1) is 0 Å². The van der Waals surface area contributed by atoms with E-state index >= 15 is 0 Å². The van der Waals surface area contributed by atoms with Crippen molar-refractivity contribution in [3.63, 3.8) is 0 Å². The zero-order chi connectivity index (χ0) is 15.2. The van der Waals surface area contributed by atoms with Gasteiger partial charge in [0.05, 0.1) is 0 Å². The van der Waals surface area contributed by atoms with Gasteiger partial charge >= 0.3 is 6.16 Å². The van der Waals surface area contributed by atoms with Gasteiger partial charge < -0.3 is 14.6 Å². The topological polar surface area (TPSA) is 55.8 Å². The van der Waals surface area contributed by atoms with Crippen molar-refractivity contribution < 1.29 is 19.4 Å². The number of benzene rings is 1. The Labute approximate surface area is 120 Å². The molecule has 0 saturated heterocycles. The predicted molar refractivity (Wildman–Crippen MR) is 78.0 cm³/mol. The molecule has 0 amide bonds. The minimum Gasteiger partial charge on any atom is -0.428 e. The van der Waals surface area contributed by atoms with Crippen LogP contribution in [0.3, 0.4) is 0 Å². The number of carbonyl (C=O) groups excluding carboxylic acids is 1. The van der Waals surface area contributed by atoms with Crippen LogP contribution in [0.1, 0.15) is 52.0 Å². The maximum absolute atomic E-state index is 11.5. The van der Waals surface area contributed by atoms with E-state index in [-0.39, 0.29) is 6.61 Å². The van der Waals surface area contributed by atoms with Crippen molar-refractivity contribution in [1.82, 2.24) is 0 Å². The fraction of sp³-hybridized carbons (Fsp3) is 0.562. The van der Waals surface area contributed by atoms with Crippen LogP contribution in [0.4, 0.5) is 4.79 Å². The summed E-state index contributed by atoms with van der Waals surface area (Å²) in [5.74, 6) is 0.789. The molecule has 0 radical (unpaired) electrons. The zero-order valence-corrected chi connectivity index (χ0v) is 12.7. The second-order valence-corrected chi connectivity index (χ2v) is 5.75. The number of ether oxygens (including phenoxy) is 2. The maximum atomic E-state index is 11.5. The zero-order valence-electron chi connectivity index (χ0n) is 12.7. The molecule has 20 heavy (non-hydrogen) atoms. The Hall–Kier alpha value is -1.55. The molecule has 0 bridgehead atoms. The van der Waals surface area contributed by atoms with E-state index in [0.29, 0.717) is 11.7 Å². The van der Waals surface area contributed by atoms with Crippen LogP contribution in [0.25, 0.3) is 0 Å². The van der Waals surface area contributed by atoms with Gasteiger partial charge in [0.15, 0.2) is 0 Å². The first kappa shape index (κ1) is 16.5. The number of hydrogen-bond acceptors (Lipinski definition) is 4. The second-order valence-electron chi connectivity index (χ2n) is 5.75. The van der Waals surface area contributed by atoms with Crippen molar-refractivity contribution in [3.05, 3.63) is 29.8 Å². The highest BCUT2D eigenvalue weighted by Crippen LogP contribution is 2.25. The average Bonchev–Trinajstić information content (AvgIpc) is 2.34. The summed E-state index contributed by atoms with van der Waals surface area (Å²) in [6.07, 6.45) is 1.00. The SMILES string of the molecule is CCC(CCO)c1ccc(OC(=O)OC(C)(C)C)cc1. The molecule has 1 aromatic carbocycles. The Morgan fingerprint density at radius 1 is 1.25 bits per heavy atom. The van der Waals surface area contributed by atoms with Gasteiger partial charge in [-0.15, -0.1) is 0 Å². The molecule has 1 unspecified atom stereocenters. The van der Waals surface area contributed by atoms with E-state index < -0.39 is 11.8 Å². The molecule has 1 aromatic rings. The molecule has 0 aliphatic carbocycles. The molecule has 0 saturated carbocycles. The first-order valence-electron chi connectivity index (χ1n) is 6.97. The molecule has 1 rings (SSSR count). The van der Waals surface area contributed by atoms with Crippen molar-refractivity contribution in [1.29, 1.82) is 0 Å². The van der Waals surface area contributed by atoms with E-state index in [9.17, 15) is 4.79 Å². The summed E-state index contributed by atoms with van der Waals surface area (Å²) in [6, 6.07) is 7.34. The molecule has 0 spiro atoms. The van der Waals surface area contributed by atoms with Gasteiger partial charge in [-0.25, -0.2) is 4.79 Å². The van der Waals surface area contributed by atoms with Crippen LogP contribution >= 0.6 is 0 Å². The molecule has 1 atom stereocenters. The summed E-state index contributed by atoms with van der Waals surface area (Å²) in [4.78, 5) is 11.5. The van der Waals surface area contributed by atoms with Gasteiger partial charge in [-0.1, -0.05) is 19.1 Å². The third kappa shape index (κ3) is 5.61. The summed E-state index contributed by atoms with van der Waals surface area (Å²) in [5, 5.41) is 9.02. The highest BCUT2D eigenvalue weighted by Gasteiger charge is 2.18. The summed E-state index contributed by atoms with van der Waals surface area (Å²) in [6.45, 7) is 7.63. The molecule has 0 heterocycles. The van der Waals surface area contributed by atoms with Crippen molar-refractivity contribution in [3.8, 4) is 5.75 Å². The fourth-order valence-electron chi connectivity index (χ4n) is 1.94. The van der Waals surface area contributed by atoms with Gasteiger partial charge in [0, 0.05) is 6.61 Å². The molecule has 0 aliphatic heterocycles. The van der Waals surface area contributed by atoms with E-state index in [4.69, 9.17) is 14.6 Å². The molecule has 4 heteroatoms.